The minimum atomic E-state index is -1.04. The highest BCUT2D eigenvalue weighted by molar-refractivity contribution is 9.10. The lowest BCUT2D eigenvalue weighted by Gasteiger charge is -2.32. The number of halogens is 1. The Morgan fingerprint density at radius 1 is 1.27 bits per heavy atom. The van der Waals surface area contributed by atoms with Crippen molar-refractivity contribution in [2.24, 2.45) is 17.3 Å². The first kappa shape index (κ1) is 19.6. The summed E-state index contributed by atoms with van der Waals surface area (Å²) in [5.74, 6) is 0.359. The third-order valence-corrected chi connectivity index (χ3v) is 6.85. The summed E-state index contributed by atoms with van der Waals surface area (Å²) in [5, 5.41) is 9.90. The molecule has 6 heteroatoms. The lowest BCUT2D eigenvalue weighted by molar-refractivity contribution is -0.160. The molecule has 5 nitrogen and oxygen atoms in total. The number of aromatic nitrogens is 1. The van der Waals surface area contributed by atoms with Crippen LogP contribution in [0.5, 0.6) is 0 Å². The highest BCUT2D eigenvalue weighted by atomic mass is 79.9. The maximum absolute atomic E-state index is 12.1. The van der Waals surface area contributed by atoms with E-state index in [-0.39, 0.29) is 0 Å². The number of piperidine rings is 1. The Labute approximate surface area is 164 Å². The molecule has 0 aromatic carbocycles. The molecule has 144 valence electrons. The second-order valence-electron chi connectivity index (χ2n) is 9.25. The van der Waals surface area contributed by atoms with Gasteiger partial charge < -0.3 is 14.7 Å². The van der Waals surface area contributed by atoms with Gasteiger partial charge in [0.1, 0.15) is 0 Å². The van der Waals surface area contributed by atoms with Crippen LogP contribution in [0.25, 0.3) is 0 Å². The molecule has 0 spiro atoms. The van der Waals surface area contributed by atoms with Crippen LogP contribution in [0.2, 0.25) is 0 Å². The van der Waals surface area contributed by atoms with E-state index in [1.807, 2.05) is 34.6 Å². The standard InChI is InChI=1S/C20H29BrN2O3/c1-10-14(17(18(24)25)26-19(3,4)5)16(15(21)11(2)22-10)23-8-12-13(9-23)20(12,6)7/h12-13,17H,8-9H2,1-7H3,(H,24,25). The maximum atomic E-state index is 12.1. The number of carboxylic acids is 1. The second kappa shape index (κ2) is 6.20. The van der Waals surface area contributed by atoms with E-state index in [2.05, 4.69) is 39.7 Å². The molecule has 1 aromatic heterocycles. The SMILES string of the molecule is Cc1nc(C)c(C(OC(C)(C)C)C(=O)O)c(N2CC3C(C2)C3(C)C)c1Br. The fourth-order valence-electron chi connectivity index (χ4n) is 4.35. The van der Waals surface area contributed by atoms with Crippen molar-refractivity contribution in [2.45, 2.75) is 60.2 Å². The van der Waals surface area contributed by atoms with Gasteiger partial charge in [0, 0.05) is 24.3 Å². The topological polar surface area (TPSA) is 62.7 Å². The molecular formula is C20H29BrN2O3. The minimum absolute atomic E-state index is 0.397. The van der Waals surface area contributed by atoms with Crippen molar-refractivity contribution in [2.75, 3.05) is 18.0 Å². The van der Waals surface area contributed by atoms with Crippen LogP contribution in [0, 0.1) is 31.1 Å². The molecule has 1 N–H and O–H groups in total. The monoisotopic (exact) mass is 424 g/mol. The molecule has 3 rings (SSSR count). The summed E-state index contributed by atoms with van der Waals surface area (Å²) in [6, 6.07) is 0. The molecule has 3 unspecified atom stereocenters. The molecule has 1 saturated carbocycles. The molecular weight excluding hydrogens is 396 g/mol. The number of pyridine rings is 1. The molecule has 0 bridgehead atoms. The van der Waals surface area contributed by atoms with Crippen molar-refractivity contribution in [3.63, 3.8) is 0 Å². The fourth-order valence-corrected chi connectivity index (χ4v) is 4.90. The first-order valence-electron chi connectivity index (χ1n) is 9.16. The molecule has 1 aromatic rings. The lowest BCUT2D eigenvalue weighted by Crippen LogP contribution is -2.32. The first-order chi connectivity index (χ1) is 11.8. The molecule has 1 aliphatic heterocycles. The highest BCUT2D eigenvalue weighted by Crippen LogP contribution is 2.63. The molecule has 26 heavy (non-hydrogen) atoms. The van der Waals surface area contributed by atoms with Gasteiger partial charge >= 0.3 is 5.97 Å². The van der Waals surface area contributed by atoms with E-state index >= 15 is 0 Å². The molecule has 3 atom stereocenters. The van der Waals surface area contributed by atoms with Crippen molar-refractivity contribution >= 4 is 27.6 Å². The number of hydrogen-bond acceptors (Lipinski definition) is 4. The van der Waals surface area contributed by atoms with E-state index in [1.54, 1.807) is 0 Å². The van der Waals surface area contributed by atoms with Crippen molar-refractivity contribution in [1.82, 2.24) is 4.98 Å². The zero-order valence-corrected chi connectivity index (χ0v) is 18.3. The maximum Gasteiger partial charge on any atom is 0.337 e. The van der Waals surface area contributed by atoms with Crippen LogP contribution in [-0.4, -0.2) is 34.8 Å². The number of carboxylic acid groups (broad SMARTS) is 1. The molecule has 2 aliphatic rings. The molecule has 1 saturated heterocycles. The second-order valence-corrected chi connectivity index (χ2v) is 10.0. The Hall–Kier alpha value is -1.14. The van der Waals surface area contributed by atoms with Gasteiger partial charge in [0.05, 0.1) is 21.5 Å². The average molecular weight is 425 g/mol. The predicted octanol–water partition coefficient (Wildman–Crippen LogP) is 4.49. The summed E-state index contributed by atoms with van der Waals surface area (Å²) < 4.78 is 6.83. The molecule has 2 fully saturated rings. The van der Waals surface area contributed by atoms with Crippen LogP contribution in [0.4, 0.5) is 5.69 Å². The van der Waals surface area contributed by atoms with Crippen LogP contribution in [0.1, 0.15) is 57.7 Å². The zero-order valence-electron chi connectivity index (χ0n) is 16.7. The number of fused-ring (bicyclic) bond motifs is 1. The number of carbonyl (C=O) groups is 1. The van der Waals surface area contributed by atoms with Crippen molar-refractivity contribution in [3.8, 4) is 0 Å². The third kappa shape index (κ3) is 3.26. The number of rotatable bonds is 4. The quantitative estimate of drug-likeness (QED) is 0.770. The molecule has 0 amide bonds. The van der Waals surface area contributed by atoms with E-state index in [0.717, 1.165) is 34.6 Å². The number of ether oxygens (including phenoxy) is 1. The van der Waals surface area contributed by atoms with E-state index in [0.29, 0.717) is 22.8 Å². The zero-order chi connectivity index (χ0) is 19.6. The van der Waals surface area contributed by atoms with Gasteiger partial charge in [0.25, 0.3) is 0 Å². The number of hydrogen-bond donors (Lipinski definition) is 1. The summed E-state index contributed by atoms with van der Waals surface area (Å²) in [6.45, 7) is 16.0. The van der Waals surface area contributed by atoms with E-state index < -0.39 is 17.7 Å². The van der Waals surface area contributed by atoms with Crippen LogP contribution < -0.4 is 4.90 Å². The summed E-state index contributed by atoms with van der Waals surface area (Å²) >= 11 is 3.68. The largest absolute Gasteiger partial charge is 0.479 e. The van der Waals surface area contributed by atoms with Crippen LogP contribution in [0.15, 0.2) is 4.47 Å². The van der Waals surface area contributed by atoms with Gasteiger partial charge in [-0.3, -0.25) is 4.98 Å². The normalized spacial score (nSPS) is 25.2. The van der Waals surface area contributed by atoms with Crippen molar-refractivity contribution in [3.05, 3.63) is 21.4 Å². The summed E-state index contributed by atoms with van der Waals surface area (Å²) in [5.41, 5.74) is 3.03. The Balaban J connectivity index is 2.07. The van der Waals surface area contributed by atoms with Gasteiger partial charge in [-0.2, -0.15) is 0 Å². The lowest BCUT2D eigenvalue weighted by atomic mass is 10.0. The Morgan fingerprint density at radius 3 is 2.27 bits per heavy atom. The van der Waals surface area contributed by atoms with Gasteiger partial charge in [-0.15, -0.1) is 0 Å². The smallest absolute Gasteiger partial charge is 0.337 e. The first-order valence-corrected chi connectivity index (χ1v) is 9.96. The van der Waals surface area contributed by atoms with Gasteiger partial charge in [-0.25, -0.2) is 4.79 Å². The van der Waals surface area contributed by atoms with Gasteiger partial charge in [-0.05, 0) is 67.8 Å². The van der Waals surface area contributed by atoms with Gasteiger partial charge in [-0.1, -0.05) is 13.8 Å². The van der Waals surface area contributed by atoms with E-state index in [1.165, 1.54) is 0 Å². The number of anilines is 1. The average Bonchev–Trinajstić information content (AvgIpc) is 2.86. The minimum Gasteiger partial charge on any atom is -0.479 e. The molecule has 1 aliphatic carbocycles. The van der Waals surface area contributed by atoms with Gasteiger partial charge in [0.15, 0.2) is 6.10 Å². The van der Waals surface area contributed by atoms with Crippen molar-refractivity contribution < 1.29 is 14.6 Å². The predicted molar refractivity (Wildman–Crippen MR) is 106 cm³/mol. The highest BCUT2D eigenvalue weighted by Gasteiger charge is 2.62. The Kier molecular flexibility index (Phi) is 4.67. The number of aliphatic carboxylic acids is 1. The van der Waals surface area contributed by atoms with Crippen molar-refractivity contribution in [1.29, 1.82) is 0 Å². The van der Waals surface area contributed by atoms with Crippen LogP contribution in [0.3, 0.4) is 0 Å². The molecule has 0 radical (unpaired) electrons. The molecule has 2 heterocycles. The summed E-state index contributed by atoms with van der Waals surface area (Å²) in [4.78, 5) is 19.0. The Bertz CT molecular complexity index is 740. The number of aryl methyl sites for hydroxylation is 2. The third-order valence-electron chi connectivity index (χ3n) is 5.90. The number of nitrogens with zero attached hydrogens (tertiary/aromatic N) is 2. The van der Waals surface area contributed by atoms with Crippen LogP contribution in [-0.2, 0) is 9.53 Å². The summed E-state index contributed by atoms with van der Waals surface area (Å²) in [7, 11) is 0. The Morgan fingerprint density at radius 2 is 1.81 bits per heavy atom. The van der Waals surface area contributed by atoms with Gasteiger partial charge in [0.2, 0.25) is 0 Å². The van der Waals surface area contributed by atoms with E-state index in [4.69, 9.17) is 4.74 Å². The van der Waals surface area contributed by atoms with E-state index in [9.17, 15) is 9.90 Å². The fraction of sp³-hybridized carbons (Fsp3) is 0.700. The summed E-state index contributed by atoms with van der Waals surface area (Å²) in [6.07, 6.45) is -1.04. The van der Waals surface area contributed by atoms with Crippen LogP contribution >= 0.6 is 15.9 Å².